The molecule has 2 aromatic rings. The summed E-state index contributed by atoms with van der Waals surface area (Å²) in [5.41, 5.74) is 5.50. The molecule has 44 heavy (non-hydrogen) atoms. The van der Waals surface area contributed by atoms with Gasteiger partial charge in [-0.3, -0.25) is 9.98 Å². The Morgan fingerprint density at radius 3 is 1.25 bits per heavy atom. The van der Waals surface area contributed by atoms with Crippen molar-refractivity contribution in [3.8, 4) is 11.5 Å². The maximum atomic E-state index is 10.9. The second-order valence-corrected chi connectivity index (χ2v) is 12.6. The number of nitrogens with zero attached hydrogens (tertiary/aromatic N) is 2. The van der Waals surface area contributed by atoms with Crippen LogP contribution in [-0.4, -0.2) is 41.2 Å². The van der Waals surface area contributed by atoms with Crippen molar-refractivity contribution in [2.75, 3.05) is 6.67 Å². The van der Waals surface area contributed by atoms with Crippen LogP contribution in [0, 0.1) is 0 Å². The Bertz CT molecular complexity index is 1140. The van der Waals surface area contributed by atoms with E-state index in [2.05, 4.69) is 77.5 Å². The van der Waals surface area contributed by atoms with E-state index < -0.39 is 11.9 Å². The van der Waals surface area contributed by atoms with Gasteiger partial charge in [-0.25, -0.2) is 0 Å². The van der Waals surface area contributed by atoms with Crippen molar-refractivity contribution in [1.82, 2.24) is 0 Å². The molecular formula is C35H52CoN2O6. The Morgan fingerprint density at radius 2 is 1.00 bits per heavy atom. The molecule has 0 fully saturated rings. The van der Waals surface area contributed by atoms with E-state index in [1.165, 1.54) is 11.1 Å². The van der Waals surface area contributed by atoms with E-state index in [4.69, 9.17) is 19.8 Å². The largest absolute Gasteiger partial charge is 2.00 e. The molecular weight excluding hydrogens is 603 g/mol. The Labute approximate surface area is 275 Å². The van der Waals surface area contributed by atoms with E-state index in [0.717, 1.165) is 74.6 Å². The number of aliphatic imine (C=N–C) groups is 2. The molecule has 0 aliphatic heterocycles. The van der Waals surface area contributed by atoms with Crippen LogP contribution in [-0.2, 0) is 50.0 Å². The smallest absolute Gasteiger partial charge is 0.550 e. The third kappa shape index (κ3) is 17.2. The summed E-state index contributed by atoms with van der Waals surface area (Å²) >= 11 is 0. The third-order valence-electron chi connectivity index (χ3n) is 6.28. The number of carbonyl (C=O) groups is 2. The maximum absolute atomic E-state index is 10.9. The number of rotatable bonds is 10. The van der Waals surface area contributed by atoms with E-state index >= 15 is 0 Å². The number of hydrogen-bond acceptors (Lipinski definition) is 8. The molecule has 0 aromatic heterocycles. The van der Waals surface area contributed by atoms with Gasteiger partial charge in [0.25, 0.3) is 0 Å². The van der Waals surface area contributed by atoms with E-state index in [1.54, 1.807) is 12.4 Å². The predicted molar refractivity (Wildman–Crippen MR) is 172 cm³/mol. The second kappa shape index (κ2) is 20.7. The minimum Gasteiger partial charge on any atom is -0.550 e. The Hall–Kier alpha value is -3.17. The second-order valence-electron chi connectivity index (χ2n) is 12.6. The van der Waals surface area contributed by atoms with Crippen molar-refractivity contribution >= 4 is 24.4 Å². The van der Waals surface area contributed by atoms with Crippen LogP contribution in [0.3, 0.4) is 0 Å². The average Bonchev–Trinajstić information content (AvgIpc) is 2.86. The average molecular weight is 656 g/mol. The minimum atomic E-state index is -1.08. The molecule has 0 spiro atoms. The molecule has 2 N–H and O–H groups in total. The third-order valence-corrected chi connectivity index (χ3v) is 6.28. The van der Waals surface area contributed by atoms with Gasteiger partial charge in [0, 0.05) is 46.6 Å². The van der Waals surface area contributed by atoms with Gasteiger partial charge in [0.05, 0.1) is 0 Å². The molecule has 0 saturated carbocycles. The Morgan fingerprint density at radius 1 is 0.705 bits per heavy atom. The summed E-state index contributed by atoms with van der Waals surface area (Å²) in [4.78, 5) is 26.7. The first-order chi connectivity index (χ1) is 19.8. The normalized spacial score (nSPS) is 11.3. The number of carbonyl (C=O) groups excluding carboxylic acids is 2. The fraction of sp³-hybridized carbons (Fsp3) is 0.543. The van der Waals surface area contributed by atoms with Gasteiger partial charge in [0.15, 0.2) is 0 Å². The van der Waals surface area contributed by atoms with Crippen LogP contribution in [0.15, 0.2) is 34.3 Å². The molecule has 1 radical (unpaired) electrons. The molecule has 0 heterocycles. The van der Waals surface area contributed by atoms with E-state index in [1.807, 2.05) is 12.1 Å². The molecule has 0 aliphatic carbocycles. The Balaban J connectivity index is 0. The van der Waals surface area contributed by atoms with Crippen LogP contribution in [0.2, 0.25) is 0 Å². The van der Waals surface area contributed by atoms with Gasteiger partial charge in [-0.05, 0) is 73.6 Å². The van der Waals surface area contributed by atoms with Crippen molar-refractivity contribution in [2.45, 2.75) is 119 Å². The van der Waals surface area contributed by atoms with Crippen LogP contribution in [0.4, 0.5) is 0 Å². The number of unbranched alkanes of at least 4 members (excludes halogenated alkanes) is 2. The van der Waals surface area contributed by atoms with Crippen molar-refractivity contribution in [2.24, 2.45) is 9.98 Å². The van der Waals surface area contributed by atoms with Crippen LogP contribution in [0.1, 0.15) is 128 Å². The van der Waals surface area contributed by atoms with Crippen molar-refractivity contribution < 1.29 is 46.8 Å². The number of phenols is 2. The minimum absolute atomic E-state index is 0. The van der Waals surface area contributed by atoms with Gasteiger partial charge < -0.3 is 30.0 Å². The standard InChI is InChI=1S/C31H46N2O2.2C2H4O2.Co/c1-9-11-13-22-15-24(28(34)26(17-22)30(3,4)5)19-32-21-33-20-25-16-23(14-12-10-2)18-27(29(25)35)31(6,7)8;2*1-2(3)4;/h15-20,34-35H,9-14,21H2,1-8H3;2*1H3,(H,3,4);/q;;;+2/p-2. The topological polar surface area (TPSA) is 145 Å². The zero-order chi connectivity index (χ0) is 33.4. The van der Waals surface area contributed by atoms with Gasteiger partial charge >= 0.3 is 16.8 Å². The zero-order valence-corrected chi connectivity index (χ0v) is 29.2. The molecule has 0 bridgehead atoms. The van der Waals surface area contributed by atoms with Gasteiger partial charge in [0.1, 0.15) is 18.2 Å². The fourth-order valence-electron chi connectivity index (χ4n) is 4.15. The monoisotopic (exact) mass is 655 g/mol. The van der Waals surface area contributed by atoms with E-state index in [0.29, 0.717) is 11.5 Å². The van der Waals surface area contributed by atoms with Crippen molar-refractivity contribution in [3.05, 3.63) is 57.6 Å². The quantitative estimate of drug-likeness (QED) is 0.329. The SMILES string of the molecule is CC(=O)[O-].CC(=O)[O-].CCCCc1cc(C=NCN=Cc2cc(CCCC)cc(C(C)(C)C)c2O)c(O)c(C(C)(C)C)c1.[Co+2]. The fourth-order valence-corrected chi connectivity index (χ4v) is 4.15. The number of aryl methyl sites for hydroxylation is 2. The molecule has 247 valence electrons. The molecule has 0 saturated heterocycles. The molecule has 8 nitrogen and oxygen atoms in total. The number of carboxylic acid groups (broad SMARTS) is 2. The molecule has 0 amide bonds. The summed E-state index contributed by atoms with van der Waals surface area (Å²) in [6.07, 6.45) is 9.91. The number of aromatic hydroxyl groups is 2. The number of carboxylic acids is 2. The van der Waals surface area contributed by atoms with Gasteiger partial charge in [-0.2, -0.15) is 0 Å². The number of benzene rings is 2. The maximum Gasteiger partial charge on any atom is 2.00 e. The number of aliphatic carboxylic acids is 2. The van der Waals surface area contributed by atoms with Crippen LogP contribution in [0.5, 0.6) is 11.5 Å². The van der Waals surface area contributed by atoms with Gasteiger partial charge in [-0.1, -0.05) is 80.4 Å². The molecule has 0 unspecified atom stereocenters. The summed E-state index contributed by atoms with van der Waals surface area (Å²) in [6, 6.07) is 8.32. The van der Waals surface area contributed by atoms with Crippen molar-refractivity contribution in [1.29, 1.82) is 0 Å². The van der Waals surface area contributed by atoms with Crippen LogP contribution in [0.25, 0.3) is 0 Å². The molecule has 9 heteroatoms. The predicted octanol–water partition coefficient (Wildman–Crippen LogP) is 5.38. The van der Waals surface area contributed by atoms with Gasteiger partial charge in [0.2, 0.25) is 0 Å². The summed E-state index contributed by atoms with van der Waals surface area (Å²) < 4.78 is 0. The summed E-state index contributed by atoms with van der Waals surface area (Å²) in [6.45, 7) is 19.2. The number of phenolic OH excluding ortho intramolecular Hbond substituents is 2. The number of hydrogen-bond donors (Lipinski definition) is 2. The summed E-state index contributed by atoms with van der Waals surface area (Å²) in [5.74, 6) is -1.58. The molecule has 0 atom stereocenters. The zero-order valence-electron chi connectivity index (χ0n) is 28.2. The summed E-state index contributed by atoms with van der Waals surface area (Å²) in [5, 5.41) is 39.6. The van der Waals surface area contributed by atoms with Crippen LogP contribution >= 0.6 is 0 Å². The van der Waals surface area contributed by atoms with E-state index in [-0.39, 0.29) is 34.3 Å². The molecule has 2 rings (SSSR count). The molecule has 0 aliphatic rings. The van der Waals surface area contributed by atoms with E-state index in [9.17, 15) is 10.2 Å². The first kappa shape index (κ1) is 43.0. The first-order valence-electron chi connectivity index (χ1n) is 14.9. The van der Waals surface area contributed by atoms with Crippen LogP contribution < -0.4 is 10.2 Å². The van der Waals surface area contributed by atoms with Crippen molar-refractivity contribution in [3.63, 3.8) is 0 Å². The summed E-state index contributed by atoms with van der Waals surface area (Å²) in [7, 11) is 0. The molecule has 2 aromatic carbocycles. The first-order valence-corrected chi connectivity index (χ1v) is 14.9. The Kier molecular flexibility index (Phi) is 20.2. The van der Waals surface area contributed by atoms with Gasteiger partial charge in [-0.15, -0.1) is 0 Å².